The van der Waals surface area contributed by atoms with Crippen LogP contribution in [0.15, 0.2) is 40.9 Å². The van der Waals surface area contributed by atoms with Gasteiger partial charge in [-0.05, 0) is 74.6 Å². The van der Waals surface area contributed by atoms with E-state index in [2.05, 4.69) is 52.4 Å². The first-order chi connectivity index (χ1) is 12.3. The molecule has 0 aromatic heterocycles. The van der Waals surface area contributed by atoms with Crippen molar-refractivity contribution in [2.45, 2.75) is 45.1 Å². The highest BCUT2D eigenvalue weighted by atomic mass is 79.9. The molecular weight excluding hydrogens is 414 g/mol. The summed E-state index contributed by atoms with van der Waals surface area (Å²) in [6.45, 7) is 5.93. The average molecular weight is 437 g/mol. The predicted molar refractivity (Wildman–Crippen MR) is 109 cm³/mol. The normalized spacial score (nSPS) is 16.0. The molecule has 1 aliphatic carbocycles. The Morgan fingerprint density at radius 2 is 1.81 bits per heavy atom. The third-order valence-electron chi connectivity index (χ3n) is 5.19. The summed E-state index contributed by atoms with van der Waals surface area (Å²) in [6.07, 6.45) is 2.18. The molecule has 0 spiro atoms. The predicted octanol–water partition coefficient (Wildman–Crippen LogP) is 5.33. The van der Waals surface area contributed by atoms with Crippen LogP contribution in [0.5, 0.6) is 5.75 Å². The number of benzene rings is 2. The zero-order valence-corrected chi connectivity index (χ0v) is 17.6. The van der Waals surface area contributed by atoms with E-state index in [-0.39, 0.29) is 24.0 Å². The second kappa shape index (κ2) is 7.61. The maximum atomic E-state index is 12.4. The van der Waals surface area contributed by atoms with E-state index in [4.69, 9.17) is 16.3 Å². The van der Waals surface area contributed by atoms with Crippen molar-refractivity contribution in [3.63, 3.8) is 0 Å². The van der Waals surface area contributed by atoms with Crippen molar-refractivity contribution in [3.8, 4) is 5.75 Å². The second-order valence-electron chi connectivity index (χ2n) is 7.11. The number of ether oxygens (including phenoxy) is 1. The minimum atomic E-state index is -0.105. The molecule has 2 aromatic carbocycles. The van der Waals surface area contributed by atoms with Gasteiger partial charge in [-0.2, -0.15) is 0 Å². The number of carbonyl (C=O) groups excluding carboxylic acids is 1. The molecule has 1 N–H and O–H groups in total. The van der Waals surface area contributed by atoms with Crippen molar-refractivity contribution >= 4 is 33.4 Å². The molecule has 3 rings (SSSR count). The highest BCUT2D eigenvalue weighted by molar-refractivity contribution is 9.10. The summed E-state index contributed by atoms with van der Waals surface area (Å²) < 4.78 is 6.73. The first-order valence-electron chi connectivity index (χ1n) is 8.77. The fraction of sp³-hybridized carbons (Fsp3) is 0.381. The Balaban J connectivity index is 1.59. The lowest BCUT2D eigenvalue weighted by Gasteiger charge is -2.25. The highest BCUT2D eigenvalue weighted by Crippen LogP contribution is 2.51. The van der Waals surface area contributed by atoms with E-state index in [9.17, 15) is 4.79 Å². The van der Waals surface area contributed by atoms with Crippen molar-refractivity contribution in [2.75, 3.05) is 6.61 Å². The standard InChI is InChI=1S/C21H23BrClNO2/c1-13-10-18(11-14(2)20(13)23)26-12-19(25)24-15(3)21(8-9-21)16-4-6-17(22)7-5-16/h4-7,10-11,15H,8-9,12H2,1-3H3,(H,24,25). The maximum absolute atomic E-state index is 12.4. The number of halogens is 2. The molecule has 2 aromatic rings. The fourth-order valence-corrected chi connectivity index (χ4v) is 3.82. The lowest BCUT2D eigenvalue weighted by molar-refractivity contribution is -0.123. The number of carbonyl (C=O) groups is 1. The van der Waals surface area contributed by atoms with Gasteiger partial charge in [0.05, 0.1) is 0 Å². The van der Waals surface area contributed by atoms with Crippen LogP contribution in [0.3, 0.4) is 0 Å². The number of nitrogens with one attached hydrogen (secondary N) is 1. The number of amides is 1. The summed E-state index contributed by atoms with van der Waals surface area (Å²) in [5.41, 5.74) is 3.22. The van der Waals surface area contributed by atoms with Gasteiger partial charge in [0.15, 0.2) is 6.61 Å². The van der Waals surface area contributed by atoms with Crippen molar-refractivity contribution < 1.29 is 9.53 Å². The molecule has 5 heteroatoms. The zero-order chi connectivity index (χ0) is 18.9. The third kappa shape index (κ3) is 4.07. The van der Waals surface area contributed by atoms with E-state index in [0.717, 1.165) is 33.5 Å². The second-order valence-corrected chi connectivity index (χ2v) is 8.41. The molecule has 26 heavy (non-hydrogen) atoms. The van der Waals surface area contributed by atoms with Crippen LogP contribution in [0.25, 0.3) is 0 Å². The van der Waals surface area contributed by atoms with Gasteiger partial charge in [-0.15, -0.1) is 0 Å². The van der Waals surface area contributed by atoms with Gasteiger partial charge in [0.25, 0.3) is 5.91 Å². The molecular formula is C21H23BrClNO2. The minimum Gasteiger partial charge on any atom is -0.484 e. The lowest BCUT2D eigenvalue weighted by atomic mass is 9.89. The van der Waals surface area contributed by atoms with Crippen LogP contribution in [0.2, 0.25) is 5.02 Å². The number of hydrogen-bond acceptors (Lipinski definition) is 2. The minimum absolute atomic E-state index is 0.00126. The smallest absolute Gasteiger partial charge is 0.258 e. The third-order valence-corrected chi connectivity index (χ3v) is 6.32. The number of rotatable bonds is 6. The van der Waals surface area contributed by atoms with Crippen LogP contribution in [-0.2, 0) is 10.2 Å². The molecule has 1 fully saturated rings. The molecule has 0 radical (unpaired) electrons. The van der Waals surface area contributed by atoms with Gasteiger partial charge >= 0.3 is 0 Å². The number of aryl methyl sites for hydroxylation is 2. The van der Waals surface area contributed by atoms with Gasteiger partial charge in [0.1, 0.15) is 5.75 Å². The van der Waals surface area contributed by atoms with E-state index < -0.39 is 0 Å². The molecule has 0 saturated heterocycles. The molecule has 1 amide bonds. The quantitative estimate of drug-likeness (QED) is 0.664. The van der Waals surface area contributed by atoms with Gasteiger partial charge in [-0.1, -0.05) is 39.7 Å². The Hall–Kier alpha value is -1.52. The monoisotopic (exact) mass is 435 g/mol. The van der Waals surface area contributed by atoms with E-state index in [1.54, 1.807) is 0 Å². The Kier molecular flexibility index (Phi) is 5.64. The van der Waals surface area contributed by atoms with E-state index in [0.29, 0.717) is 5.75 Å². The Labute approximate surface area is 168 Å². The van der Waals surface area contributed by atoms with E-state index >= 15 is 0 Å². The fourth-order valence-electron chi connectivity index (χ4n) is 3.45. The topological polar surface area (TPSA) is 38.3 Å². The largest absolute Gasteiger partial charge is 0.484 e. The Morgan fingerprint density at radius 1 is 1.23 bits per heavy atom. The van der Waals surface area contributed by atoms with E-state index in [1.807, 2.05) is 26.0 Å². The highest BCUT2D eigenvalue weighted by Gasteiger charge is 2.49. The van der Waals surface area contributed by atoms with Gasteiger partial charge in [-0.25, -0.2) is 0 Å². The van der Waals surface area contributed by atoms with Crippen molar-refractivity contribution in [3.05, 3.63) is 62.6 Å². The molecule has 3 nitrogen and oxygen atoms in total. The summed E-state index contributed by atoms with van der Waals surface area (Å²) in [6, 6.07) is 12.2. The molecule has 0 aliphatic heterocycles. The molecule has 1 aliphatic rings. The summed E-state index contributed by atoms with van der Waals surface area (Å²) in [5, 5.41) is 3.84. The summed E-state index contributed by atoms with van der Waals surface area (Å²) in [7, 11) is 0. The molecule has 1 unspecified atom stereocenters. The van der Waals surface area contributed by atoms with Gasteiger partial charge in [0, 0.05) is 21.0 Å². The van der Waals surface area contributed by atoms with Crippen LogP contribution in [0.1, 0.15) is 36.5 Å². The van der Waals surface area contributed by atoms with Crippen LogP contribution >= 0.6 is 27.5 Å². The Bertz CT molecular complexity index is 792. The van der Waals surface area contributed by atoms with Gasteiger partial charge < -0.3 is 10.1 Å². The summed E-state index contributed by atoms with van der Waals surface area (Å²) in [4.78, 5) is 12.4. The lowest BCUT2D eigenvalue weighted by Crippen LogP contribution is -2.43. The van der Waals surface area contributed by atoms with Crippen LogP contribution in [-0.4, -0.2) is 18.6 Å². The van der Waals surface area contributed by atoms with E-state index in [1.165, 1.54) is 5.56 Å². The van der Waals surface area contributed by atoms with Crippen molar-refractivity contribution in [2.24, 2.45) is 0 Å². The molecule has 0 heterocycles. The van der Waals surface area contributed by atoms with Crippen LogP contribution in [0, 0.1) is 13.8 Å². The average Bonchev–Trinajstić information content (AvgIpc) is 3.40. The SMILES string of the molecule is Cc1cc(OCC(=O)NC(C)C2(c3ccc(Br)cc3)CC2)cc(C)c1Cl. The Morgan fingerprint density at radius 3 is 2.35 bits per heavy atom. The van der Waals surface area contributed by atoms with Gasteiger partial charge in [0.2, 0.25) is 0 Å². The van der Waals surface area contributed by atoms with Crippen LogP contribution in [0.4, 0.5) is 0 Å². The molecule has 138 valence electrons. The zero-order valence-electron chi connectivity index (χ0n) is 15.2. The maximum Gasteiger partial charge on any atom is 0.258 e. The molecule has 1 saturated carbocycles. The molecule has 1 atom stereocenters. The first kappa shape index (κ1) is 19.2. The molecule has 0 bridgehead atoms. The summed E-state index contributed by atoms with van der Waals surface area (Å²) in [5.74, 6) is 0.562. The van der Waals surface area contributed by atoms with Crippen LogP contribution < -0.4 is 10.1 Å². The number of hydrogen-bond donors (Lipinski definition) is 1. The van der Waals surface area contributed by atoms with Gasteiger partial charge in [-0.3, -0.25) is 4.79 Å². The first-order valence-corrected chi connectivity index (χ1v) is 9.94. The van der Waals surface area contributed by atoms with Crippen molar-refractivity contribution in [1.82, 2.24) is 5.32 Å². The summed E-state index contributed by atoms with van der Waals surface area (Å²) >= 11 is 9.64. The van der Waals surface area contributed by atoms with Crippen molar-refractivity contribution in [1.29, 1.82) is 0 Å².